The minimum Gasteiger partial charge on any atom is -0.452 e. The first-order valence-corrected chi connectivity index (χ1v) is 11.9. The average Bonchev–Trinajstić information content (AvgIpc) is 3.20. The van der Waals surface area contributed by atoms with Crippen molar-refractivity contribution < 1.29 is 19.1 Å². The van der Waals surface area contributed by atoms with Gasteiger partial charge in [0, 0.05) is 16.9 Å². The number of aliphatic imine (C=N–C) groups is 1. The number of ether oxygens (including phenoxy) is 2. The summed E-state index contributed by atoms with van der Waals surface area (Å²) in [5.74, 6) is -0.117. The Morgan fingerprint density at radius 3 is 2.50 bits per heavy atom. The van der Waals surface area contributed by atoms with Gasteiger partial charge in [-0.1, -0.05) is 54.1 Å². The van der Waals surface area contributed by atoms with Crippen molar-refractivity contribution in [2.45, 2.75) is 23.8 Å². The number of rotatable bonds is 7. The lowest BCUT2D eigenvalue weighted by atomic mass is 9.84. The Morgan fingerprint density at radius 2 is 1.82 bits per heavy atom. The van der Waals surface area contributed by atoms with E-state index in [-0.39, 0.29) is 0 Å². The summed E-state index contributed by atoms with van der Waals surface area (Å²) in [7, 11) is 1.29. The van der Waals surface area contributed by atoms with E-state index < -0.39 is 17.6 Å². The van der Waals surface area contributed by atoms with Crippen molar-refractivity contribution in [1.29, 1.82) is 0 Å². The molecule has 34 heavy (non-hydrogen) atoms. The van der Waals surface area contributed by atoms with E-state index in [1.165, 1.54) is 18.9 Å². The minimum absolute atomic E-state index is 0.307. The first kappa shape index (κ1) is 23.4. The zero-order valence-corrected chi connectivity index (χ0v) is 19.9. The third-order valence-electron chi connectivity index (χ3n) is 5.58. The maximum atomic E-state index is 13.5. The Hall–Kier alpha value is -3.78. The molecule has 1 amide bonds. The molecule has 4 rings (SSSR count). The molecule has 0 spiro atoms. The van der Waals surface area contributed by atoms with Crippen molar-refractivity contribution in [3.8, 4) is 0 Å². The summed E-state index contributed by atoms with van der Waals surface area (Å²) in [6.07, 6.45) is 1.66. The zero-order valence-electron chi connectivity index (χ0n) is 19.1. The maximum absolute atomic E-state index is 13.5. The minimum atomic E-state index is -1.24. The molecule has 7 nitrogen and oxygen atoms in total. The van der Waals surface area contributed by atoms with Gasteiger partial charge in [0.05, 0.1) is 12.8 Å². The van der Waals surface area contributed by atoms with E-state index in [9.17, 15) is 9.59 Å². The van der Waals surface area contributed by atoms with Gasteiger partial charge < -0.3 is 9.47 Å². The highest BCUT2D eigenvalue weighted by Crippen LogP contribution is 2.40. The molecule has 3 aromatic carbocycles. The summed E-state index contributed by atoms with van der Waals surface area (Å²) in [5.41, 5.74) is 8.27. The third kappa shape index (κ3) is 4.77. The van der Waals surface area contributed by atoms with Gasteiger partial charge in [-0.2, -0.15) is 0 Å². The van der Waals surface area contributed by atoms with E-state index in [0.717, 1.165) is 21.6 Å². The number of hydrazine groups is 1. The fourth-order valence-electron chi connectivity index (χ4n) is 3.74. The van der Waals surface area contributed by atoms with E-state index in [1.807, 2.05) is 79.9 Å². The average molecular weight is 476 g/mol. The predicted molar refractivity (Wildman–Crippen MR) is 133 cm³/mol. The highest BCUT2D eigenvalue weighted by atomic mass is 32.2. The summed E-state index contributed by atoms with van der Waals surface area (Å²) in [5, 5.41) is 0. The van der Waals surface area contributed by atoms with Gasteiger partial charge in [-0.15, -0.1) is 11.8 Å². The van der Waals surface area contributed by atoms with E-state index in [4.69, 9.17) is 9.73 Å². The molecule has 2 N–H and O–H groups in total. The number of nitrogens with one attached hydrogen (secondary N) is 2. The van der Waals surface area contributed by atoms with Crippen LogP contribution in [-0.4, -0.2) is 31.3 Å². The molecular formula is C26H25N3O4S. The first-order valence-electron chi connectivity index (χ1n) is 10.7. The van der Waals surface area contributed by atoms with E-state index in [2.05, 4.69) is 15.6 Å². The molecule has 0 fully saturated rings. The molecule has 1 aliphatic heterocycles. The van der Waals surface area contributed by atoms with Gasteiger partial charge in [0.2, 0.25) is 5.90 Å². The third-order valence-corrected chi connectivity index (χ3v) is 6.36. The number of anilines is 1. The number of benzene rings is 3. The van der Waals surface area contributed by atoms with Crippen molar-refractivity contribution in [3.05, 3.63) is 95.1 Å². The smallest absolute Gasteiger partial charge is 0.425 e. The standard InChI is InChI=1S/C26H25N3O4S/c1-17-9-11-19(12-10-17)23-27-26(24(30)33-23,16-18-7-5-4-6-8-18)20-13-14-21(22(15-20)34-3)28-29-25(31)32-2/h4-15,28H,16H2,1-3H3,(H,29,31)/t26-/m1/s1. The molecule has 0 radical (unpaired) electrons. The normalized spacial score (nSPS) is 17.0. The number of hydrogen-bond donors (Lipinski definition) is 2. The van der Waals surface area contributed by atoms with Gasteiger partial charge in [0.25, 0.3) is 0 Å². The summed E-state index contributed by atoms with van der Waals surface area (Å²) >= 11 is 1.48. The molecule has 0 saturated heterocycles. The number of aryl methyl sites for hydroxylation is 1. The van der Waals surface area contributed by atoms with Gasteiger partial charge in [-0.25, -0.2) is 20.0 Å². The number of hydrogen-bond acceptors (Lipinski definition) is 7. The number of methoxy groups -OCH3 is 1. The van der Waals surface area contributed by atoms with E-state index in [0.29, 0.717) is 23.6 Å². The summed E-state index contributed by atoms with van der Waals surface area (Å²) in [6.45, 7) is 2.00. The first-order chi connectivity index (χ1) is 16.4. The molecule has 1 aliphatic rings. The lowest BCUT2D eigenvalue weighted by Crippen LogP contribution is -2.34. The molecular weight excluding hydrogens is 450 g/mol. The van der Waals surface area contributed by atoms with Gasteiger partial charge in [-0.05, 0) is 48.6 Å². The molecule has 0 unspecified atom stereocenters. The predicted octanol–water partition coefficient (Wildman–Crippen LogP) is 4.84. The number of esters is 1. The second kappa shape index (κ2) is 10.0. The lowest BCUT2D eigenvalue weighted by Gasteiger charge is -2.24. The SMILES string of the molecule is COC(=O)NNc1ccc([C@@]2(Cc3ccccc3)N=C(c3ccc(C)cc3)OC2=O)cc1SC. The van der Waals surface area contributed by atoms with Crippen molar-refractivity contribution in [2.75, 3.05) is 18.8 Å². The summed E-state index contributed by atoms with van der Waals surface area (Å²) in [4.78, 5) is 30.6. The number of amides is 1. The lowest BCUT2D eigenvalue weighted by molar-refractivity contribution is -0.139. The molecule has 0 aromatic heterocycles. The number of cyclic esters (lactones) is 1. The van der Waals surface area contributed by atoms with Crippen LogP contribution in [0.4, 0.5) is 10.5 Å². The Kier molecular flexibility index (Phi) is 6.88. The zero-order chi connectivity index (χ0) is 24.1. The van der Waals surface area contributed by atoms with E-state index in [1.54, 1.807) is 6.07 Å². The van der Waals surface area contributed by atoms with Crippen LogP contribution >= 0.6 is 11.8 Å². The second-order valence-corrected chi connectivity index (χ2v) is 8.70. The number of carbonyl (C=O) groups is 2. The summed E-state index contributed by atoms with van der Waals surface area (Å²) in [6, 6.07) is 23.0. The fraction of sp³-hybridized carbons (Fsp3) is 0.192. The monoisotopic (exact) mass is 475 g/mol. The van der Waals surface area contributed by atoms with Gasteiger partial charge >= 0.3 is 12.1 Å². The summed E-state index contributed by atoms with van der Waals surface area (Å²) < 4.78 is 10.4. The van der Waals surface area contributed by atoms with Crippen LogP contribution in [0.1, 0.15) is 22.3 Å². The van der Waals surface area contributed by atoms with Crippen LogP contribution in [0, 0.1) is 6.92 Å². The van der Waals surface area contributed by atoms with Crippen LogP contribution in [-0.2, 0) is 26.2 Å². The molecule has 0 aliphatic carbocycles. The Balaban J connectivity index is 1.78. The molecule has 0 saturated carbocycles. The number of nitrogens with zero attached hydrogens (tertiary/aromatic N) is 1. The highest BCUT2D eigenvalue weighted by molar-refractivity contribution is 7.98. The molecule has 3 aromatic rings. The van der Waals surface area contributed by atoms with Crippen molar-refractivity contribution >= 4 is 35.4 Å². The molecule has 1 atom stereocenters. The highest BCUT2D eigenvalue weighted by Gasteiger charge is 2.48. The van der Waals surface area contributed by atoms with Crippen LogP contribution < -0.4 is 10.9 Å². The molecule has 8 heteroatoms. The van der Waals surface area contributed by atoms with Crippen LogP contribution in [0.5, 0.6) is 0 Å². The van der Waals surface area contributed by atoms with Crippen molar-refractivity contribution in [1.82, 2.24) is 5.43 Å². The van der Waals surface area contributed by atoms with Crippen molar-refractivity contribution in [2.24, 2.45) is 4.99 Å². The Labute approximate surface area is 202 Å². The maximum Gasteiger partial charge on any atom is 0.425 e. The molecule has 174 valence electrons. The van der Waals surface area contributed by atoms with Crippen LogP contribution in [0.15, 0.2) is 82.7 Å². The topological polar surface area (TPSA) is 89.0 Å². The largest absolute Gasteiger partial charge is 0.452 e. The quantitative estimate of drug-likeness (QED) is 0.289. The van der Waals surface area contributed by atoms with Crippen molar-refractivity contribution in [3.63, 3.8) is 0 Å². The Bertz CT molecular complexity index is 1230. The fourth-order valence-corrected chi connectivity index (χ4v) is 4.33. The Morgan fingerprint density at radius 1 is 1.09 bits per heavy atom. The second-order valence-electron chi connectivity index (χ2n) is 7.85. The molecule has 0 bridgehead atoms. The van der Waals surface area contributed by atoms with Crippen LogP contribution in [0.2, 0.25) is 0 Å². The van der Waals surface area contributed by atoms with Gasteiger partial charge in [0.15, 0.2) is 5.54 Å². The van der Waals surface area contributed by atoms with Gasteiger partial charge in [-0.3, -0.25) is 5.43 Å². The van der Waals surface area contributed by atoms with Crippen LogP contribution in [0.3, 0.4) is 0 Å². The van der Waals surface area contributed by atoms with Gasteiger partial charge in [0.1, 0.15) is 0 Å². The van der Waals surface area contributed by atoms with E-state index >= 15 is 0 Å². The van der Waals surface area contributed by atoms with Crippen LogP contribution in [0.25, 0.3) is 0 Å². The number of carbonyl (C=O) groups excluding carboxylic acids is 2. The number of thioether (sulfide) groups is 1. The molecule has 1 heterocycles.